The maximum absolute atomic E-state index is 10.7. The zero-order chi connectivity index (χ0) is 9.84. The third-order valence-electron chi connectivity index (χ3n) is 2.72. The average Bonchev–Trinajstić information content (AvgIpc) is 2.17. The van der Waals surface area contributed by atoms with Crippen molar-refractivity contribution in [3.05, 3.63) is 0 Å². The number of nitrogens with zero attached hydrogens (tertiary/aromatic N) is 1. The SMILES string of the molecule is CCC(C)N1CCNC(C(=O)O)C1. The number of aliphatic carboxylic acids is 1. The quantitative estimate of drug-likeness (QED) is 0.658. The van der Waals surface area contributed by atoms with Crippen LogP contribution in [0.1, 0.15) is 20.3 Å². The molecular formula is C9H18N2O2. The second kappa shape index (κ2) is 4.58. The van der Waals surface area contributed by atoms with Crippen molar-refractivity contribution in [1.29, 1.82) is 0 Å². The molecule has 1 heterocycles. The summed E-state index contributed by atoms with van der Waals surface area (Å²) in [6, 6.07) is 0.103. The molecule has 0 aromatic rings. The van der Waals surface area contributed by atoms with Gasteiger partial charge < -0.3 is 10.4 Å². The summed E-state index contributed by atoms with van der Waals surface area (Å²) in [4.78, 5) is 13.0. The van der Waals surface area contributed by atoms with Gasteiger partial charge in [0.1, 0.15) is 6.04 Å². The molecule has 2 N–H and O–H groups in total. The zero-order valence-corrected chi connectivity index (χ0v) is 8.29. The minimum absolute atomic E-state index is 0.386. The summed E-state index contributed by atoms with van der Waals surface area (Å²) < 4.78 is 0. The van der Waals surface area contributed by atoms with Gasteiger partial charge in [-0.05, 0) is 13.3 Å². The molecule has 1 saturated heterocycles. The van der Waals surface area contributed by atoms with Crippen molar-refractivity contribution in [3.8, 4) is 0 Å². The first-order valence-electron chi connectivity index (χ1n) is 4.85. The maximum Gasteiger partial charge on any atom is 0.322 e. The molecule has 2 atom stereocenters. The van der Waals surface area contributed by atoms with E-state index in [0.717, 1.165) is 19.5 Å². The summed E-state index contributed by atoms with van der Waals surface area (Å²) in [6.45, 7) is 6.64. The highest BCUT2D eigenvalue weighted by Crippen LogP contribution is 2.07. The number of piperazine rings is 1. The number of hydrogen-bond acceptors (Lipinski definition) is 3. The lowest BCUT2D eigenvalue weighted by molar-refractivity contribution is -0.140. The van der Waals surface area contributed by atoms with E-state index in [0.29, 0.717) is 12.6 Å². The summed E-state index contributed by atoms with van der Waals surface area (Å²) in [7, 11) is 0. The van der Waals surface area contributed by atoms with E-state index in [9.17, 15) is 4.79 Å². The molecule has 0 aromatic heterocycles. The van der Waals surface area contributed by atoms with Gasteiger partial charge in [-0.15, -0.1) is 0 Å². The first-order valence-corrected chi connectivity index (χ1v) is 4.85. The Hall–Kier alpha value is -0.610. The summed E-state index contributed by atoms with van der Waals surface area (Å²) >= 11 is 0. The van der Waals surface area contributed by atoms with Crippen LogP contribution in [0.4, 0.5) is 0 Å². The lowest BCUT2D eigenvalue weighted by Crippen LogP contribution is -2.56. The molecule has 0 aromatic carbocycles. The second-order valence-electron chi connectivity index (χ2n) is 3.60. The normalized spacial score (nSPS) is 27.1. The van der Waals surface area contributed by atoms with Gasteiger partial charge >= 0.3 is 5.97 Å². The van der Waals surface area contributed by atoms with Gasteiger partial charge in [0.05, 0.1) is 0 Å². The topological polar surface area (TPSA) is 52.6 Å². The Kier molecular flexibility index (Phi) is 3.69. The van der Waals surface area contributed by atoms with E-state index < -0.39 is 5.97 Å². The van der Waals surface area contributed by atoms with Gasteiger partial charge in [0.15, 0.2) is 0 Å². The highest BCUT2D eigenvalue weighted by Gasteiger charge is 2.26. The van der Waals surface area contributed by atoms with Crippen molar-refractivity contribution in [2.24, 2.45) is 0 Å². The Labute approximate surface area is 78.9 Å². The molecular weight excluding hydrogens is 168 g/mol. The number of carbonyl (C=O) groups is 1. The number of hydrogen-bond donors (Lipinski definition) is 2. The minimum Gasteiger partial charge on any atom is -0.480 e. The number of carboxylic acid groups (broad SMARTS) is 1. The Balaban J connectivity index is 2.46. The van der Waals surface area contributed by atoms with Crippen LogP contribution in [-0.2, 0) is 4.79 Å². The number of carboxylic acids is 1. The van der Waals surface area contributed by atoms with Crippen molar-refractivity contribution in [1.82, 2.24) is 10.2 Å². The average molecular weight is 186 g/mol. The molecule has 1 aliphatic heterocycles. The largest absolute Gasteiger partial charge is 0.480 e. The van der Waals surface area contributed by atoms with Crippen LogP contribution < -0.4 is 5.32 Å². The van der Waals surface area contributed by atoms with Gasteiger partial charge in [0, 0.05) is 25.7 Å². The molecule has 13 heavy (non-hydrogen) atoms. The predicted molar refractivity (Wildman–Crippen MR) is 50.8 cm³/mol. The molecule has 4 nitrogen and oxygen atoms in total. The fraction of sp³-hybridized carbons (Fsp3) is 0.889. The lowest BCUT2D eigenvalue weighted by atomic mass is 10.1. The molecule has 0 saturated carbocycles. The summed E-state index contributed by atoms with van der Waals surface area (Å²) in [5.41, 5.74) is 0. The van der Waals surface area contributed by atoms with Gasteiger partial charge in [-0.2, -0.15) is 0 Å². The Morgan fingerprint density at radius 3 is 3.00 bits per heavy atom. The van der Waals surface area contributed by atoms with E-state index in [1.54, 1.807) is 0 Å². The van der Waals surface area contributed by atoms with Crippen LogP contribution in [0.3, 0.4) is 0 Å². The van der Waals surface area contributed by atoms with Crippen LogP contribution in [-0.4, -0.2) is 47.7 Å². The van der Waals surface area contributed by atoms with Crippen LogP contribution in [0.2, 0.25) is 0 Å². The van der Waals surface area contributed by atoms with E-state index in [2.05, 4.69) is 24.1 Å². The standard InChI is InChI=1S/C9H18N2O2/c1-3-7(2)11-5-4-10-8(6-11)9(12)13/h7-8,10H,3-6H2,1-2H3,(H,12,13). The highest BCUT2D eigenvalue weighted by molar-refractivity contribution is 5.73. The lowest BCUT2D eigenvalue weighted by Gasteiger charge is -2.35. The molecule has 76 valence electrons. The first kappa shape index (κ1) is 10.5. The van der Waals surface area contributed by atoms with Crippen molar-refractivity contribution >= 4 is 5.97 Å². The molecule has 0 spiro atoms. The minimum atomic E-state index is -0.743. The fourth-order valence-electron chi connectivity index (χ4n) is 1.60. The van der Waals surface area contributed by atoms with Crippen molar-refractivity contribution in [3.63, 3.8) is 0 Å². The first-order chi connectivity index (χ1) is 6.15. The van der Waals surface area contributed by atoms with Gasteiger partial charge in [-0.3, -0.25) is 9.69 Å². The van der Waals surface area contributed by atoms with Gasteiger partial charge in [-0.25, -0.2) is 0 Å². The fourth-order valence-corrected chi connectivity index (χ4v) is 1.60. The Morgan fingerprint density at radius 2 is 2.46 bits per heavy atom. The van der Waals surface area contributed by atoms with Gasteiger partial charge in [0.25, 0.3) is 0 Å². The van der Waals surface area contributed by atoms with Gasteiger partial charge in [0.2, 0.25) is 0 Å². The monoisotopic (exact) mass is 186 g/mol. The molecule has 0 bridgehead atoms. The van der Waals surface area contributed by atoms with Crippen LogP contribution >= 0.6 is 0 Å². The molecule has 1 aliphatic rings. The number of nitrogens with one attached hydrogen (secondary N) is 1. The maximum atomic E-state index is 10.7. The third-order valence-corrected chi connectivity index (χ3v) is 2.72. The van der Waals surface area contributed by atoms with Gasteiger partial charge in [-0.1, -0.05) is 6.92 Å². The Morgan fingerprint density at radius 1 is 1.77 bits per heavy atom. The smallest absolute Gasteiger partial charge is 0.322 e. The molecule has 0 radical (unpaired) electrons. The van der Waals surface area contributed by atoms with Crippen LogP contribution in [0.15, 0.2) is 0 Å². The molecule has 0 amide bonds. The summed E-state index contributed by atoms with van der Waals surface area (Å²) in [5, 5.41) is 11.8. The highest BCUT2D eigenvalue weighted by atomic mass is 16.4. The van der Waals surface area contributed by atoms with Crippen molar-refractivity contribution < 1.29 is 9.90 Å². The summed E-state index contributed by atoms with van der Waals surface area (Å²) in [5.74, 6) is -0.743. The van der Waals surface area contributed by atoms with E-state index >= 15 is 0 Å². The second-order valence-corrected chi connectivity index (χ2v) is 3.60. The van der Waals surface area contributed by atoms with E-state index in [1.807, 2.05) is 0 Å². The van der Waals surface area contributed by atoms with Crippen LogP contribution in [0, 0.1) is 0 Å². The van der Waals surface area contributed by atoms with Crippen molar-refractivity contribution in [2.45, 2.75) is 32.4 Å². The zero-order valence-electron chi connectivity index (χ0n) is 8.29. The molecule has 0 aliphatic carbocycles. The Bertz CT molecular complexity index is 184. The number of rotatable bonds is 3. The molecule has 2 unspecified atom stereocenters. The molecule has 4 heteroatoms. The van der Waals surface area contributed by atoms with E-state index in [-0.39, 0.29) is 6.04 Å². The molecule has 1 rings (SSSR count). The van der Waals surface area contributed by atoms with E-state index in [4.69, 9.17) is 5.11 Å². The van der Waals surface area contributed by atoms with E-state index in [1.165, 1.54) is 0 Å². The predicted octanol–water partition coefficient (Wildman–Crippen LogP) is 0.143. The van der Waals surface area contributed by atoms with Crippen LogP contribution in [0.5, 0.6) is 0 Å². The molecule has 1 fully saturated rings. The van der Waals surface area contributed by atoms with Crippen LogP contribution in [0.25, 0.3) is 0 Å². The third kappa shape index (κ3) is 2.67. The van der Waals surface area contributed by atoms with Crippen molar-refractivity contribution in [2.75, 3.05) is 19.6 Å². The summed E-state index contributed by atoms with van der Waals surface area (Å²) in [6.07, 6.45) is 1.08.